The van der Waals surface area contributed by atoms with Gasteiger partial charge in [0.05, 0.1) is 0 Å². The van der Waals surface area contributed by atoms with E-state index in [9.17, 15) is 13.6 Å². The average molecular weight is 421 g/mol. The molecule has 3 N–H and O–H groups in total. The monoisotopic (exact) mass is 421 g/mol. The summed E-state index contributed by atoms with van der Waals surface area (Å²) in [6.07, 6.45) is 1.63. The molecule has 0 aliphatic heterocycles. The third-order valence-corrected chi connectivity index (χ3v) is 5.07. The number of aromatic amines is 1. The molecule has 0 atom stereocenters. The average Bonchev–Trinajstić information content (AvgIpc) is 2.72. The van der Waals surface area contributed by atoms with Crippen LogP contribution in [0.2, 0.25) is 0 Å². The molecule has 0 radical (unpaired) electrons. The van der Waals surface area contributed by atoms with Crippen LogP contribution in [0.1, 0.15) is 11.1 Å². The van der Waals surface area contributed by atoms with Gasteiger partial charge in [-0.1, -0.05) is 6.07 Å². The van der Waals surface area contributed by atoms with E-state index in [4.69, 9.17) is 5.73 Å². The van der Waals surface area contributed by atoms with Gasteiger partial charge in [0.1, 0.15) is 17.2 Å². The summed E-state index contributed by atoms with van der Waals surface area (Å²) in [5.41, 5.74) is 8.34. The van der Waals surface area contributed by atoms with E-state index in [0.717, 1.165) is 10.9 Å². The third kappa shape index (κ3) is 3.89. The Morgan fingerprint density at radius 3 is 2.45 bits per heavy atom. The first-order valence-corrected chi connectivity index (χ1v) is 9.63. The van der Waals surface area contributed by atoms with Crippen LogP contribution in [0.5, 0.6) is 0 Å². The van der Waals surface area contributed by atoms with Crippen LogP contribution in [-0.2, 0) is 6.54 Å². The van der Waals surface area contributed by atoms with E-state index < -0.39 is 5.95 Å². The molecular weight excluding hydrogens is 400 g/mol. The number of anilines is 1. The van der Waals surface area contributed by atoms with E-state index >= 15 is 0 Å². The number of rotatable bonds is 4. The molecule has 0 unspecified atom stereocenters. The quantitative estimate of drug-likeness (QED) is 0.522. The van der Waals surface area contributed by atoms with Crippen molar-refractivity contribution in [2.75, 3.05) is 19.8 Å². The lowest BCUT2D eigenvalue weighted by Gasteiger charge is -2.13. The summed E-state index contributed by atoms with van der Waals surface area (Å²) >= 11 is 0. The minimum atomic E-state index is -0.836. The lowest BCUT2D eigenvalue weighted by molar-refractivity contribution is 0.392. The van der Waals surface area contributed by atoms with E-state index in [0.29, 0.717) is 28.6 Å². The van der Waals surface area contributed by atoms with E-state index in [2.05, 4.69) is 15.0 Å². The number of nitrogens with two attached hydrogens (primary N) is 1. The van der Waals surface area contributed by atoms with Gasteiger partial charge in [0, 0.05) is 34.8 Å². The van der Waals surface area contributed by atoms with Crippen LogP contribution in [0, 0.1) is 18.7 Å². The molecule has 0 aliphatic rings. The van der Waals surface area contributed by atoms with Crippen LogP contribution in [0.3, 0.4) is 0 Å². The second kappa shape index (κ2) is 7.88. The molecule has 4 rings (SSSR count). The van der Waals surface area contributed by atoms with Crippen LogP contribution in [0.15, 0.2) is 47.4 Å². The van der Waals surface area contributed by atoms with Gasteiger partial charge >= 0.3 is 0 Å². The number of nitrogens with one attached hydrogen (secondary N) is 1. The maximum Gasteiger partial charge on any atom is 0.255 e. The fourth-order valence-corrected chi connectivity index (χ4v) is 3.55. The van der Waals surface area contributed by atoms with E-state index in [1.807, 2.05) is 25.9 Å². The summed E-state index contributed by atoms with van der Waals surface area (Å²) in [6, 6.07) is 9.47. The van der Waals surface area contributed by atoms with Crippen molar-refractivity contribution in [3.63, 3.8) is 0 Å². The number of benzene rings is 2. The number of hydrogen-bond donors (Lipinski definition) is 2. The second-order valence-corrected chi connectivity index (χ2v) is 7.70. The highest BCUT2D eigenvalue weighted by atomic mass is 19.1. The van der Waals surface area contributed by atoms with Crippen molar-refractivity contribution in [1.82, 2.24) is 19.9 Å². The van der Waals surface area contributed by atoms with Gasteiger partial charge in [0.15, 0.2) is 5.82 Å². The Hall–Kier alpha value is -3.65. The fraction of sp³-hybridized carbons (Fsp3) is 0.174. The molecule has 8 heteroatoms. The molecule has 2 heterocycles. The minimum Gasteiger partial charge on any atom is -0.382 e. The molecule has 31 heavy (non-hydrogen) atoms. The molecule has 0 spiro atoms. The first-order chi connectivity index (χ1) is 14.7. The summed E-state index contributed by atoms with van der Waals surface area (Å²) in [6.45, 7) is 2.23. The SMILES string of the molecule is Cc1c[nH]c(=O)c2ccc(-c3nc(-c4ccc(F)c(CN(C)C)c4)c(F)nc3N)cc12. The zero-order valence-electron chi connectivity index (χ0n) is 17.3. The standard InChI is InChI=1S/C23H21F2N5O/c1-12-10-27-23(31)16-6-4-14(9-17(12)16)20-22(26)29-21(25)19(28-20)13-5-7-18(24)15(8-13)11-30(2)3/h4-10H,11H2,1-3H3,(H2,26,29)(H,27,31). The van der Waals surface area contributed by atoms with Crippen molar-refractivity contribution in [1.29, 1.82) is 0 Å². The van der Waals surface area contributed by atoms with Crippen molar-refractivity contribution >= 4 is 16.6 Å². The number of nitrogen functional groups attached to an aromatic ring is 1. The Balaban J connectivity index is 1.87. The van der Waals surface area contributed by atoms with Gasteiger partial charge in [-0.15, -0.1) is 0 Å². The highest BCUT2D eigenvalue weighted by Crippen LogP contribution is 2.31. The van der Waals surface area contributed by atoms with Gasteiger partial charge in [-0.05, 0) is 62.3 Å². The third-order valence-electron chi connectivity index (χ3n) is 5.07. The minimum absolute atomic E-state index is 0.0214. The van der Waals surface area contributed by atoms with Gasteiger partial charge < -0.3 is 15.6 Å². The lowest BCUT2D eigenvalue weighted by Crippen LogP contribution is -2.12. The number of hydrogen-bond acceptors (Lipinski definition) is 5. The highest BCUT2D eigenvalue weighted by molar-refractivity contribution is 5.89. The molecule has 2 aromatic heterocycles. The summed E-state index contributed by atoms with van der Waals surface area (Å²) in [5.74, 6) is -1.28. The van der Waals surface area contributed by atoms with Crippen LogP contribution in [0.4, 0.5) is 14.6 Å². The van der Waals surface area contributed by atoms with Crippen molar-refractivity contribution in [3.8, 4) is 22.5 Å². The predicted octanol–water partition coefficient (Wildman–Crippen LogP) is 3.88. The first-order valence-electron chi connectivity index (χ1n) is 9.63. The molecule has 2 aromatic carbocycles. The predicted molar refractivity (Wildman–Crippen MR) is 117 cm³/mol. The van der Waals surface area contributed by atoms with Gasteiger partial charge in [-0.3, -0.25) is 4.79 Å². The van der Waals surface area contributed by atoms with Crippen LogP contribution in [-0.4, -0.2) is 33.9 Å². The van der Waals surface area contributed by atoms with Crippen molar-refractivity contribution in [3.05, 3.63) is 75.8 Å². The highest BCUT2D eigenvalue weighted by Gasteiger charge is 2.17. The maximum absolute atomic E-state index is 14.7. The molecule has 0 amide bonds. The van der Waals surface area contributed by atoms with Gasteiger partial charge in [0.25, 0.3) is 5.56 Å². The molecule has 0 saturated heterocycles. The summed E-state index contributed by atoms with van der Waals surface area (Å²) in [5, 5.41) is 1.27. The number of fused-ring (bicyclic) bond motifs is 1. The normalized spacial score (nSPS) is 11.4. The number of aryl methyl sites for hydroxylation is 1. The van der Waals surface area contributed by atoms with Gasteiger partial charge in [-0.25, -0.2) is 9.37 Å². The first kappa shape index (κ1) is 20.6. The molecule has 0 bridgehead atoms. The molecule has 0 fully saturated rings. The molecular formula is C23H21F2N5O. The summed E-state index contributed by atoms with van der Waals surface area (Å²) < 4.78 is 28.9. The number of aromatic nitrogens is 3. The Kier molecular flexibility index (Phi) is 5.24. The molecule has 158 valence electrons. The Morgan fingerprint density at radius 1 is 1.00 bits per heavy atom. The summed E-state index contributed by atoms with van der Waals surface area (Å²) in [7, 11) is 3.64. The van der Waals surface area contributed by atoms with Crippen molar-refractivity contribution in [2.24, 2.45) is 0 Å². The smallest absolute Gasteiger partial charge is 0.255 e. The molecule has 4 aromatic rings. The van der Waals surface area contributed by atoms with Crippen molar-refractivity contribution < 1.29 is 8.78 Å². The Bertz CT molecular complexity index is 1360. The second-order valence-electron chi connectivity index (χ2n) is 7.70. The van der Waals surface area contributed by atoms with Gasteiger partial charge in [0.2, 0.25) is 5.95 Å². The zero-order chi connectivity index (χ0) is 22.3. The van der Waals surface area contributed by atoms with Crippen LogP contribution in [0.25, 0.3) is 33.3 Å². The topological polar surface area (TPSA) is 87.9 Å². The van der Waals surface area contributed by atoms with Gasteiger partial charge in [-0.2, -0.15) is 9.37 Å². The molecule has 0 aliphatic carbocycles. The molecule has 6 nitrogen and oxygen atoms in total. The van der Waals surface area contributed by atoms with E-state index in [-0.39, 0.29) is 28.6 Å². The Morgan fingerprint density at radius 2 is 1.71 bits per heavy atom. The number of nitrogens with zero attached hydrogens (tertiary/aromatic N) is 3. The largest absolute Gasteiger partial charge is 0.382 e. The molecule has 0 saturated carbocycles. The Labute approximate surface area is 177 Å². The van der Waals surface area contributed by atoms with E-state index in [1.54, 1.807) is 30.5 Å². The zero-order valence-corrected chi connectivity index (χ0v) is 17.3. The van der Waals surface area contributed by atoms with E-state index in [1.165, 1.54) is 12.1 Å². The van der Waals surface area contributed by atoms with Crippen LogP contribution < -0.4 is 11.3 Å². The number of halogens is 2. The maximum atomic E-state index is 14.7. The number of pyridine rings is 1. The van der Waals surface area contributed by atoms with Crippen molar-refractivity contribution in [2.45, 2.75) is 13.5 Å². The number of H-pyrrole nitrogens is 1. The fourth-order valence-electron chi connectivity index (χ4n) is 3.55. The summed E-state index contributed by atoms with van der Waals surface area (Å²) in [4.78, 5) is 24.8. The van der Waals surface area contributed by atoms with Crippen LogP contribution >= 0.6 is 0 Å². The lowest BCUT2D eigenvalue weighted by atomic mass is 10.0.